The highest BCUT2D eigenvalue weighted by Crippen LogP contribution is 2.45. The summed E-state index contributed by atoms with van der Waals surface area (Å²) in [5, 5.41) is 9.25. The van der Waals surface area contributed by atoms with Gasteiger partial charge >= 0.3 is 6.18 Å². The molecule has 0 amide bonds. The van der Waals surface area contributed by atoms with Crippen molar-refractivity contribution < 1.29 is 18.3 Å². The first-order valence-corrected chi connectivity index (χ1v) is 4.16. The van der Waals surface area contributed by atoms with Crippen LogP contribution in [0.15, 0.2) is 10.6 Å². The number of alkyl halides is 3. The molecule has 0 radical (unpaired) electrons. The van der Waals surface area contributed by atoms with E-state index in [1.807, 2.05) is 0 Å². The molecule has 0 fully saturated rings. The third-order valence-corrected chi connectivity index (χ3v) is 3.07. The van der Waals surface area contributed by atoms with Crippen LogP contribution < -0.4 is 5.73 Å². The van der Waals surface area contributed by atoms with Crippen LogP contribution in [0.25, 0.3) is 0 Å². The van der Waals surface area contributed by atoms with Crippen molar-refractivity contribution in [3.63, 3.8) is 0 Å². The molecule has 2 nitrogen and oxygen atoms in total. The Labute approximate surface area is 71.6 Å². The van der Waals surface area contributed by atoms with Crippen molar-refractivity contribution in [1.29, 1.82) is 0 Å². The third kappa shape index (κ3) is 1.19. The molecule has 1 aliphatic rings. The van der Waals surface area contributed by atoms with Gasteiger partial charge in [-0.2, -0.15) is 13.2 Å². The van der Waals surface area contributed by atoms with E-state index in [9.17, 15) is 18.3 Å². The van der Waals surface area contributed by atoms with Crippen molar-refractivity contribution in [1.82, 2.24) is 0 Å². The molecular formula is C6H8F3NOS. The largest absolute Gasteiger partial charge is 0.422 e. The standard InChI is InChI=1S/C6H8F3NOS/c1-3-4(10)12-2-5(3,11)6(7,8)9/h11H,2,10H2,1H3. The Bertz CT molecular complexity index is 237. The van der Waals surface area contributed by atoms with Crippen LogP contribution in [0.3, 0.4) is 0 Å². The van der Waals surface area contributed by atoms with E-state index < -0.39 is 17.5 Å². The van der Waals surface area contributed by atoms with Gasteiger partial charge in [0.25, 0.3) is 0 Å². The summed E-state index contributed by atoms with van der Waals surface area (Å²) in [7, 11) is 0. The Kier molecular flexibility index (Phi) is 2.08. The van der Waals surface area contributed by atoms with Crippen molar-refractivity contribution in [2.75, 3.05) is 5.75 Å². The minimum Gasteiger partial charge on any atom is -0.393 e. The molecule has 1 unspecified atom stereocenters. The second-order valence-electron chi connectivity index (χ2n) is 2.64. The molecule has 0 saturated heterocycles. The summed E-state index contributed by atoms with van der Waals surface area (Å²) in [6.45, 7) is 1.20. The number of thioether (sulfide) groups is 1. The van der Waals surface area contributed by atoms with Crippen molar-refractivity contribution in [2.24, 2.45) is 5.73 Å². The first-order chi connectivity index (χ1) is 5.29. The number of rotatable bonds is 0. The van der Waals surface area contributed by atoms with Crippen molar-refractivity contribution in [3.8, 4) is 0 Å². The van der Waals surface area contributed by atoms with Crippen molar-refractivity contribution in [3.05, 3.63) is 10.6 Å². The molecule has 6 heteroatoms. The SMILES string of the molecule is CC1=C(N)SCC1(O)C(F)(F)F. The monoisotopic (exact) mass is 199 g/mol. The van der Waals surface area contributed by atoms with E-state index in [4.69, 9.17) is 5.73 Å². The van der Waals surface area contributed by atoms with E-state index in [1.54, 1.807) is 0 Å². The molecule has 0 aliphatic carbocycles. The van der Waals surface area contributed by atoms with Crippen LogP contribution in [0.2, 0.25) is 0 Å². The molecule has 70 valence electrons. The quantitative estimate of drug-likeness (QED) is 0.616. The lowest BCUT2D eigenvalue weighted by atomic mass is 9.98. The molecule has 1 heterocycles. The van der Waals surface area contributed by atoms with Gasteiger partial charge in [0.05, 0.1) is 5.03 Å². The number of halogens is 3. The Morgan fingerprint density at radius 3 is 2.25 bits per heavy atom. The van der Waals surface area contributed by atoms with Gasteiger partial charge in [0.1, 0.15) is 0 Å². The lowest BCUT2D eigenvalue weighted by molar-refractivity contribution is -0.234. The van der Waals surface area contributed by atoms with Crippen LogP contribution in [0, 0.1) is 0 Å². The average Bonchev–Trinajstić information content (AvgIpc) is 2.16. The van der Waals surface area contributed by atoms with Gasteiger partial charge < -0.3 is 10.8 Å². The predicted molar refractivity (Wildman–Crippen MR) is 40.4 cm³/mol. The van der Waals surface area contributed by atoms with Crippen LogP contribution in [-0.2, 0) is 0 Å². The molecule has 0 aromatic heterocycles. The molecule has 1 atom stereocenters. The molecule has 0 aromatic carbocycles. The number of hydrogen-bond donors (Lipinski definition) is 2. The van der Waals surface area contributed by atoms with Gasteiger partial charge in [-0.05, 0) is 12.5 Å². The lowest BCUT2D eigenvalue weighted by Gasteiger charge is -2.26. The van der Waals surface area contributed by atoms with E-state index in [1.165, 1.54) is 6.92 Å². The van der Waals surface area contributed by atoms with Crippen LogP contribution in [0.1, 0.15) is 6.92 Å². The summed E-state index contributed by atoms with van der Waals surface area (Å²) in [5.41, 5.74) is 2.32. The van der Waals surface area contributed by atoms with Gasteiger partial charge in [-0.25, -0.2) is 0 Å². The maximum atomic E-state index is 12.2. The zero-order valence-corrected chi connectivity index (χ0v) is 7.09. The third-order valence-electron chi connectivity index (χ3n) is 1.90. The molecule has 0 aromatic rings. The normalized spacial score (nSPS) is 31.4. The molecule has 0 spiro atoms. The molecule has 12 heavy (non-hydrogen) atoms. The highest BCUT2D eigenvalue weighted by atomic mass is 32.2. The van der Waals surface area contributed by atoms with Crippen molar-refractivity contribution in [2.45, 2.75) is 18.7 Å². The molecule has 3 N–H and O–H groups in total. The summed E-state index contributed by atoms with van der Waals surface area (Å²) in [6, 6.07) is 0. The summed E-state index contributed by atoms with van der Waals surface area (Å²) in [6.07, 6.45) is -4.63. The van der Waals surface area contributed by atoms with Crippen LogP contribution in [0.4, 0.5) is 13.2 Å². The molecule has 1 aliphatic heterocycles. The maximum Gasteiger partial charge on any atom is 0.422 e. The van der Waals surface area contributed by atoms with E-state index in [2.05, 4.69) is 0 Å². The highest BCUT2D eigenvalue weighted by molar-refractivity contribution is 8.03. The van der Waals surface area contributed by atoms with E-state index in [-0.39, 0.29) is 10.6 Å². The second kappa shape index (κ2) is 2.56. The van der Waals surface area contributed by atoms with Crippen molar-refractivity contribution >= 4 is 11.8 Å². The fourth-order valence-corrected chi connectivity index (χ4v) is 2.03. The first kappa shape index (κ1) is 9.73. The minimum atomic E-state index is -4.63. The van der Waals surface area contributed by atoms with E-state index in [0.29, 0.717) is 0 Å². The number of hydrogen-bond acceptors (Lipinski definition) is 3. The summed E-state index contributed by atoms with van der Waals surface area (Å²) >= 11 is 0.827. The fourth-order valence-electron chi connectivity index (χ4n) is 0.897. The zero-order chi connectivity index (χ0) is 9.57. The van der Waals surface area contributed by atoms with Gasteiger partial charge in [0, 0.05) is 5.75 Å². The van der Waals surface area contributed by atoms with E-state index in [0.717, 1.165) is 11.8 Å². The zero-order valence-electron chi connectivity index (χ0n) is 6.27. The number of aliphatic hydroxyl groups is 1. The number of nitrogens with two attached hydrogens (primary N) is 1. The Morgan fingerprint density at radius 2 is 2.08 bits per heavy atom. The van der Waals surface area contributed by atoms with Gasteiger partial charge in [0.2, 0.25) is 0 Å². The van der Waals surface area contributed by atoms with Gasteiger partial charge in [-0.15, -0.1) is 11.8 Å². The fraction of sp³-hybridized carbons (Fsp3) is 0.667. The minimum absolute atomic E-state index is 0.0647. The molecule has 0 saturated carbocycles. The first-order valence-electron chi connectivity index (χ1n) is 3.18. The lowest BCUT2D eigenvalue weighted by Crippen LogP contribution is -2.46. The smallest absolute Gasteiger partial charge is 0.393 e. The second-order valence-corrected chi connectivity index (χ2v) is 3.65. The van der Waals surface area contributed by atoms with Gasteiger partial charge in [0.15, 0.2) is 5.60 Å². The Morgan fingerprint density at radius 1 is 1.58 bits per heavy atom. The Hall–Kier alpha value is -0.360. The Balaban J connectivity index is 3.04. The van der Waals surface area contributed by atoms with Gasteiger partial charge in [-0.1, -0.05) is 0 Å². The van der Waals surface area contributed by atoms with Gasteiger partial charge in [-0.3, -0.25) is 0 Å². The summed E-state index contributed by atoms with van der Waals surface area (Å²) < 4.78 is 36.6. The predicted octanol–water partition coefficient (Wildman–Crippen LogP) is 1.22. The molecule has 1 rings (SSSR count). The maximum absolute atomic E-state index is 12.2. The van der Waals surface area contributed by atoms with Crippen LogP contribution >= 0.6 is 11.8 Å². The van der Waals surface area contributed by atoms with Crippen LogP contribution in [-0.4, -0.2) is 22.6 Å². The average molecular weight is 199 g/mol. The summed E-state index contributed by atoms with van der Waals surface area (Å²) in [4.78, 5) is 0. The highest BCUT2D eigenvalue weighted by Gasteiger charge is 2.58. The summed E-state index contributed by atoms with van der Waals surface area (Å²) in [5.74, 6) is -0.436. The van der Waals surface area contributed by atoms with Crippen LogP contribution in [0.5, 0.6) is 0 Å². The molecular weight excluding hydrogens is 191 g/mol. The molecule has 0 bridgehead atoms. The topological polar surface area (TPSA) is 46.2 Å². The van der Waals surface area contributed by atoms with E-state index >= 15 is 0 Å².